The van der Waals surface area contributed by atoms with Gasteiger partial charge in [-0.15, -0.1) is 13.2 Å². The van der Waals surface area contributed by atoms with Gasteiger partial charge in [0.25, 0.3) is 5.91 Å². The standard InChI is InChI=1S/C55H69F3N10O9/c1-31(2)45(63-52(73)75-7)49(70)67-23-11-22-54(67,6)51(72)65-24-25-66(33(5)30-65)44-21-19-38(28-59-44)61-48(69)37-18-20-39(43(27-37)77-55(56,57)58)34-14-16-35(17-15-34)40-29-60-47(62-40)42-26-36-12-9-10-13-41(36)68(42)50(71)46(32(3)4)64-53(74)76-8/h14-21,27-29,31-33,36,41-42,45-46H,9-13,22-26,30H2,1-8H3,(H,60,62)(H,61,69)(H,63,73)(H,64,74). The third-order valence-electron chi connectivity index (χ3n) is 15.6. The minimum atomic E-state index is -5.07. The minimum Gasteiger partial charge on any atom is -0.453 e. The van der Waals surface area contributed by atoms with E-state index in [2.05, 4.69) is 30.7 Å². The average molecular weight is 1070 g/mol. The minimum absolute atomic E-state index is 0.000743. The highest BCUT2D eigenvalue weighted by atomic mass is 19.4. The number of likely N-dealkylation sites (tertiary alicyclic amines) is 2. The molecule has 4 fully saturated rings. The lowest BCUT2D eigenvalue weighted by atomic mass is 9.84. The van der Waals surface area contributed by atoms with E-state index in [0.29, 0.717) is 79.6 Å². The number of nitrogens with zero attached hydrogens (tertiary/aromatic N) is 6. The van der Waals surface area contributed by atoms with Gasteiger partial charge in [-0.1, -0.05) is 64.8 Å². The Hall–Kier alpha value is -7.39. The topological polar surface area (TPSA) is 221 Å². The summed E-state index contributed by atoms with van der Waals surface area (Å²) in [6, 6.07) is 11.7. The number of hydrogen-bond acceptors (Lipinski definition) is 12. The van der Waals surface area contributed by atoms with E-state index >= 15 is 0 Å². The molecule has 7 atom stereocenters. The number of carbonyl (C=O) groups is 6. The van der Waals surface area contributed by atoms with Crippen LogP contribution < -0.4 is 25.6 Å². The number of imidazole rings is 1. The number of rotatable bonds is 14. The Morgan fingerprint density at radius 1 is 0.792 bits per heavy atom. The summed E-state index contributed by atoms with van der Waals surface area (Å²) in [6.45, 7) is 12.6. The lowest BCUT2D eigenvalue weighted by molar-refractivity contribution is -0.274. The first kappa shape index (κ1) is 55.8. The zero-order chi connectivity index (χ0) is 55.5. The van der Waals surface area contributed by atoms with Crippen molar-refractivity contribution in [2.24, 2.45) is 17.8 Å². The molecular weight excluding hydrogens is 1000 g/mol. The van der Waals surface area contributed by atoms with Crippen LogP contribution >= 0.6 is 0 Å². The number of piperazine rings is 1. The Bertz CT molecular complexity index is 2810. The van der Waals surface area contributed by atoms with Crippen LogP contribution in [-0.2, 0) is 23.9 Å². The van der Waals surface area contributed by atoms with Crippen LogP contribution in [0.1, 0.15) is 109 Å². The Balaban J connectivity index is 0.917. The number of benzene rings is 2. The lowest BCUT2D eigenvalue weighted by Gasteiger charge is -2.45. The smallest absolute Gasteiger partial charge is 0.453 e. The first-order valence-electron chi connectivity index (χ1n) is 26.3. The summed E-state index contributed by atoms with van der Waals surface area (Å²) < 4.78 is 55.9. The van der Waals surface area contributed by atoms with Crippen molar-refractivity contribution in [1.29, 1.82) is 0 Å². The maximum atomic E-state index is 14.3. The largest absolute Gasteiger partial charge is 0.573 e. The number of pyridine rings is 1. The average Bonchev–Trinajstić information content (AvgIpc) is 4.18. The molecule has 77 heavy (non-hydrogen) atoms. The van der Waals surface area contributed by atoms with E-state index in [1.54, 1.807) is 59.3 Å². The predicted octanol–water partition coefficient (Wildman–Crippen LogP) is 8.30. The second-order valence-corrected chi connectivity index (χ2v) is 21.4. The first-order valence-corrected chi connectivity index (χ1v) is 26.3. The van der Waals surface area contributed by atoms with Gasteiger partial charge < -0.3 is 54.7 Å². The molecular formula is C55H69F3N10O9. The lowest BCUT2D eigenvalue weighted by Crippen LogP contribution is -2.64. The number of carbonyl (C=O) groups excluding carboxylic acids is 6. The van der Waals surface area contributed by atoms with Crippen molar-refractivity contribution in [3.05, 3.63) is 78.4 Å². The number of methoxy groups -OCH3 is 2. The molecule has 4 aliphatic rings. The van der Waals surface area contributed by atoms with Crippen LogP contribution in [0.4, 0.5) is 34.3 Å². The van der Waals surface area contributed by atoms with Crippen molar-refractivity contribution < 1.29 is 56.1 Å². The number of alkyl carbamates (subject to hydrolysis) is 2. The van der Waals surface area contributed by atoms with Crippen LogP contribution in [-0.4, -0.2) is 142 Å². The van der Waals surface area contributed by atoms with E-state index in [0.717, 1.165) is 31.7 Å². The Labute approximate surface area is 445 Å². The first-order chi connectivity index (χ1) is 36.6. The highest BCUT2D eigenvalue weighted by molar-refractivity contribution is 6.05. The number of amides is 6. The highest BCUT2D eigenvalue weighted by Crippen LogP contribution is 2.47. The van der Waals surface area contributed by atoms with Crippen LogP contribution in [0.5, 0.6) is 5.75 Å². The van der Waals surface area contributed by atoms with Crippen molar-refractivity contribution in [1.82, 2.24) is 40.3 Å². The molecule has 414 valence electrons. The molecule has 0 radical (unpaired) electrons. The highest BCUT2D eigenvalue weighted by Gasteiger charge is 2.51. The maximum absolute atomic E-state index is 14.3. The van der Waals surface area contributed by atoms with Crippen molar-refractivity contribution in [3.63, 3.8) is 0 Å². The molecule has 0 bridgehead atoms. The molecule has 4 N–H and O–H groups in total. The van der Waals surface area contributed by atoms with Gasteiger partial charge in [0.05, 0.1) is 44.0 Å². The van der Waals surface area contributed by atoms with E-state index in [1.807, 2.05) is 44.4 Å². The van der Waals surface area contributed by atoms with E-state index in [4.69, 9.17) is 14.5 Å². The van der Waals surface area contributed by atoms with Gasteiger partial charge in [0.2, 0.25) is 17.7 Å². The van der Waals surface area contributed by atoms with Crippen molar-refractivity contribution in [3.8, 4) is 28.1 Å². The normalized spacial score (nSPS) is 22.3. The number of fused-ring (bicyclic) bond motifs is 1. The van der Waals surface area contributed by atoms with E-state index in [-0.39, 0.29) is 64.7 Å². The third kappa shape index (κ3) is 12.1. The van der Waals surface area contributed by atoms with Gasteiger partial charge in [0, 0.05) is 49.4 Å². The predicted molar refractivity (Wildman–Crippen MR) is 279 cm³/mol. The van der Waals surface area contributed by atoms with Gasteiger partial charge in [0.15, 0.2) is 0 Å². The van der Waals surface area contributed by atoms with Crippen molar-refractivity contribution in [2.45, 2.75) is 129 Å². The number of halogens is 3. The molecule has 1 aliphatic carbocycles. The van der Waals surface area contributed by atoms with Crippen LogP contribution in [0, 0.1) is 17.8 Å². The van der Waals surface area contributed by atoms with Gasteiger partial charge >= 0.3 is 18.5 Å². The number of hydrogen-bond donors (Lipinski definition) is 4. The van der Waals surface area contributed by atoms with E-state index < -0.39 is 47.8 Å². The third-order valence-corrected chi connectivity index (χ3v) is 15.6. The Morgan fingerprint density at radius 3 is 2.08 bits per heavy atom. The van der Waals surface area contributed by atoms with Gasteiger partial charge in [-0.05, 0) is 105 Å². The number of aromatic nitrogens is 3. The summed E-state index contributed by atoms with van der Waals surface area (Å²) in [7, 11) is 2.48. The van der Waals surface area contributed by atoms with Crippen LogP contribution in [0.15, 0.2) is 67.0 Å². The second-order valence-electron chi connectivity index (χ2n) is 21.4. The fraction of sp³-hybridized carbons (Fsp3) is 0.527. The van der Waals surface area contributed by atoms with Crippen molar-refractivity contribution in [2.75, 3.05) is 50.6 Å². The molecule has 6 amide bonds. The number of aromatic amines is 1. The molecule has 5 heterocycles. The van der Waals surface area contributed by atoms with Crippen LogP contribution in [0.2, 0.25) is 0 Å². The molecule has 19 nitrogen and oxygen atoms in total. The summed E-state index contributed by atoms with van der Waals surface area (Å²) in [6.07, 6.45) is 2.34. The van der Waals surface area contributed by atoms with E-state index in [1.165, 1.54) is 32.5 Å². The summed E-state index contributed by atoms with van der Waals surface area (Å²) in [5.41, 5.74) is 0.913. The van der Waals surface area contributed by atoms with E-state index in [9.17, 15) is 41.9 Å². The molecule has 1 saturated carbocycles. The summed E-state index contributed by atoms with van der Waals surface area (Å²) in [5.74, 6) is -0.969. The van der Waals surface area contributed by atoms with Gasteiger partial charge in [0.1, 0.15) is 35.0 Å². The molecule has 2 aromatic heterocycles. The molecule has 8 rings (SSSR count). The van der Waals surface area contributed by atoms with Gasteiger partial charge in [-0.3, -0.25) is 19.2 Å². The molecule has 3 saturated heterocycles. The number of nitrogens with one attached hydrogen (secondary N) is 4. The second kappa shape index (κ2) is 23.1. The summed E-state index contributed by atoms with van der Waals surface area (Å²) >= 11 is 0. The number of anilines is 2. The van der Waals surface area contributed by atoms with Crippen molar-refractivity contribution >= 4 is 47.3 Å². The number of ether oxygens (including phenoxy) is 3. The quantitative estimate of drug-likeness (QED) is 0.0937. The molecule has 22 heteroatoms. The molecule has 0 spiro atoms. The van der Waals surface area contributed by atoms with Gasteiger partial charge in [-0.2, -0.15) is 0 Å². The Morgan fingerprint density at radius 2 is 1.45 bits per heavy atom. The molecule has 4 aromatic rings. The van der Waals surface area contributed by atoms with Crippen LogP contribution in [0.3, 0.4) is 0 Å². The van der Waals surface area contributed by atoms with Gasteiger partial charge in [-0.25, -0.2) is 19.6 Å². The zero-order valence-corrected chi connectivity index (χ0v) is 44.7. The molecule has 7 unspecified atom stereocenters. The SMILES string of the molecule is COC(=O)NC(C(=O)N1C(c2ncc(-c3ccc(-c4ccc(C(=O)Nc5ccc(N6CCN(C(=O)C7(C)CCCN7C(=O)C(NC(=O)OC)C(C)C)CC6C)nc5)cc4OC(F)(F)F)cc3)[nH]2)CC2CCCCC21)C(C)C. The number of H-pyrrole nitrogens is 1. The van der Waals surface area contributed by atoms with Crippen LogP contribution in [0.25, 0.3) is 22.4 Å². The molecule has 2 aromatic carbocycles. The Kier molecular flexibility index (Phi) is 16.7. The molecule has 3 aliphatic heterocycles. The fourth-order valence-corrected chi connectivity index (χ4v) is 11.5. The zero-order valence-electron chi connectivity index (χ0n) is 44.7. The fourth-order valence-electron chi connectivity index (χ4n) is 11.5. The maximum Gasteiger partial charge on any atom is 0.573 e. The summed E-state index contributed by atoms with van der Waals surface area (Å²) in [5, 5.41) is 8.06. The monoisotopic (exact) mass is 1070 g/mol. The summed E-state index contributed by atoms with van der Waals surface area (Å²) in [4.78, 5) is 100. The number of alkyl halides is 3.